The summed E-state index contributed by atoms with van der Waals surface area (Å²) in [6.45, 7) is 2.05. The lowest BCUT2D eigenvalue weighted by molar-refractivity contribution is -0.117. The molecule has 2 aromatic rings. The van der Waals surface area contributed by atoms with E-state index in [1.807, 2.05) is 30.5 Å². The van der Waals surface area contributed by atoms with Crippen LogP contribution >= 0.6 is 0 Å². The number of aromatic nitrogens is 1. The van der Waals surface area contributed by atoms with Crippen LogP contribution < -0.4 is 10.6 Å². The third-order valence-corrected chi connectivity index (χ3v) is 4.02. The first-order chi connectivity index (χ1) is 11.2. The van der Waals surface area contributed by atoms with Crippen LogP contribution in [0.3, 0.4) is 0 Å². The van der Waals surface area contributed by atoms with Gasteiger partial charge in [-0.15, -0.1) is 0 Å². The van der Waals surface area contributed by atoms with Crippen molar-refractivity contribution in [3.63, 3.8) is 0 Å². The van der Waals surface area contributed by atoms with Crippen molar-refractivity contribution in [3.05, 3.63) is 53.3 Å². The molecule has 1 aromatic carbocycles. The van der Waals surface area contributed by atoms with Gasteiger partial charge in [-0.1, -0.05) is 6.92 Å². The minimum Gasteiger partial charge on any atom is -0.326 e. The largest absolute Gasteiger partial charge is 0.326 e. The maximum Gasteiger partial charge on any atom is 0.228 e. The molecule has 0 radical (unpaired) electrons. The van der Waals surface area contributed by atoms with E-state index >= 15 is 0 Å². The Hall–Kier alpha value is -2.69. The zero-order valence-corrected chi connectivity index (χ0v) is 13.1. The van der Waals surface area contributed by atoms with Gasteiger partial charge in [0.15, 0.2) is 0 Å². The van der Waals surface area contributed by atoms with E-state index in [1.165, 1.54) is 0 Å². The number of hydrogen-bond acceptors (Lipinski definition) is 3. The number of amides is 2. The zero-order valence-electron chi connectivity index (χ0n) is 13.1. The smallest absolute Gasteiger partial charge is 0.228 e. The quantitative estimate of drug-likeness (QED) is 0.912. The third kappa shape index (κ3) is 3.56. The minimum absolute atomic E-state index is 0.0408. The number of fused-ring (bicyclic) bond motifs is 1. The highest BCUT2D eigenvalue weighted by Crippen LogP contribution is 2.25. The molecule has 1 aliphatic heterocycles. The Bertz CT molecular complexity index is 756. The Morgan fingerprint density at radius 2 is 2.13 bits per heavy atom. The van der Waals surface area contributed by atoms with Crippen molar-refractivity contribution in [2.24, 2.45) is 0 Å². The number of hydrogen-bond donors (Lipinski definition) is 2. The normalized spacial score (nSPS) is 13.2. The maximum atomic E-state index is 12.3. The summed E-state index contributed by atoms with van der Waals surface area (Å²) in [5.74, 6) is -0.00948. The average molecular weight is 309 g/mol. The lowest BCUT2D eigenvalue weighted by Gasteiger charge is -2.17. The van der Waals surface area contributed by atoms with Crippen LogP contribution in [0.2, 0.25) is 0 Å². The highest BCUT2D eigenvalue weighted by atomic mass is 16.2. The van der Waals surface area contributed by atoms with Gasteiger partial charge in [0.25, 0.3) is 0 Å². The third-order valence-electron chi connectivity index (χ3n) is 4.02. The second kappa shape index (κ2) is 6.60. The van der Waals surface area contributed by atoms with Crippen LogP contribution in [-0.4, -0.2) is 16.8 Å². The number of carbonyl (C=O) groups is 2. The summed E-state index contributed by atoms with van der Waals surface area (Å²) in [5.41, 5.74) is 4.75. The number of pyridine rings is 1. The van der Waals surface area contributed by atoms with E-state index in [2.05, 4.69) is 22.5 Å². The Kier molecular flexibility index (Phi) is 4.37. The van der Waals surface area contributed by atoms with Crippen LogP contribution in [0.5, 0.6) is 0 Å². The summed E-state index contributed by atoms with van der Waals surface area (Å²) in [4.78, 5) is 27.7. The van der Waals surface area contributed by atoms with Crippen LogP contribution in [0.25, 0.3) is 0 Å². The van der Waals surface area contributed by atoms with Crippen molar-refractivity contribution in [3.8, 4) is 0 Å². The molecule has 0 saturated carbocycles. The number of nitrogens with one attached hydrogen (secondary N) is 2. The van der Waals surface area contributed by atoms with Gasteiger partial charge >= 0.3 is 0 Å². The monoisotopic (exact) mass is 309 g/mol. The first-order valence-electron chi connectivity index (χ1n) is 7.80. The Labute approximate surface area is 135 Å². The maximum absolute atomic E-state index is 12.3. The molecule has 0 saturated heterocycles. The molecule has 2 N–H and O–H groups in total. The second-order valence-corrected chi connectivity index (χ2v) is 5.64. The van der Waals surface area contributed by atoms with E-state index in [0.29, 0.717) is 19.3 Å². The van der Waals surface area contributed by atoms with Gasteiger partial charge in [-0.3, -0.25) is 14.6 Å². The highest BCUT2D eigenvalue weighted by molar-refractivity contribution is 5.96. The second-order valence-electron chi connectivity index (χ2n) is 5.64. The fourth-order valence-electron chi connectivity index (χ4n) is 2.79. The number of aryl methyl sites for hydroxylation is 2. The Morgan fingerprint density at radius 1 is 1.26 bits per heavy atom. The fraction of sp³-hybridized carbons (Fsp3) is 0.278. The molecule has 2 amide bonds. The van der Waals surface area contributed by atoms with E-state index in [1.54, 1.807) is 6.20 Å². The van der Waals surface area contributed by atoms with Gasteiger partial charge in [-0.25, -0.2) is 0 Å². The molecule has 118 valence electrons. The van der Waals surface area contributed by atoms with Crippen LogP contribution in [0.4, 0.5) is 11.4 Å². The molecule has 23 heavy (non-hydrogen) atoms. The first kappa shape index (κ1) is 15.2. The van der Waals surface area contributed by atoms with Crippen molar-refractivity contribution in [1.82, 2.24) is 4.98 Å². The van der Waals surface area contributed by atoms with Gasteiger partial charge in [0.1, 0.15) is 0 Å². The lowest BCUT2D eigenvalue weighted by atomic mass is 10.0. The number of rotatable bonds is 4. The van der Waals surface area contributed by atoms with Crippen molar-refractivity contribution in [1.29, 1.82) is 0 Å². The van der Waals surface area contributed by atoms with Crippen molar-refractivity contribution >= 4 is 23.2 Å². The van der Waals surface area contributed by atoms with Gasteiger partial charge in [0.05, 0.1) is 6.42 Å². The fourth-order valence-corrected chi connectivity index (χ4v) is 2.79. The topological polar surface area (TPSA) is 71.1 Å². The molecule has 5 heteroatoms. The summed E-state index contributed by atoms with van der Waals surface area (Å²) < 4.78 is 0. The Morgan fingerprint density at radius 3 is 2.96 bits per heavy atom. The summed E-state index contributed by atoms with van der Waals surface area (Å²) in [6.07, 6.45) is 5.90. The molecule has 2 heterocycles. The Balaban J connectivity index is 1.70. The van der Waals surface area contributed by atoms with Gasteiger partial charge in [-0.05, 0) is 53.8 Å². The standard InChI is InChI=1S/C18H19N3O2/c1-2-12-11-19-8-7-13(12)10-18(23)20-15-4-5-16-14(9-15)3-6-17(22)21-16/h4-5,7-9,11H,2-3,6,10H2,1H3,(H,20,23)(H,21,22). The summed E-state index contributed by atoms with van der Waals surface area (Å²) in [6, 6.07) is 7.47. The summed E-state index contributed by atoms with van der Waals surface area (Å²) >= 11 is 0. The van der Waals surface area contributed by atoms with Gasteiger partial charge in [0.2, 0.25) is 11.8 Å². The average Bonchev–Trinajstić information content (AvgIpc) is 2.55. The molecule has 1 aliphatic rings. The molecule has 5 nitrogen and oxygen atoms in total. The predicted molar refractivity (Wildman–Crippen MR) is 89.3 cm³/mol. The molecule has 0 fully saturated rings. The van der Waals surface area contributed by atoms with E-state index in [4.69, 9.17) is 0 Å². The molecule has 0 aliphatic carbocycles. The van der Waals surface area contributed by atoms with E-state index in [9.17, 15) is 9.59 Å². The summed E-state index contributed by atoms with van der Waals surface area (Å²) in [5, 5.41) is 5.77. The van der Waals surface area contributed by atoms with Crippen molar-refractivity contribution in [2.75, 3.05) is 10.6 Å². The highest BCUT2D eigenvalue weighted by Gasteiger charge is 2.15. The molecule has 0 unspecified atom stereocenters. The van der Waals surface area contributed by atoms with Crippen LogP contribution in [-0.2, 0) is 28.9 Å². The molecule has 0 atom stereocenters. The van der Waals surface area contributed by atoms with Crippen LogP contribution in [0, 0.1) is 0 Å². The van der Waals surface area contributed by atoms with Crippen LogP contribution in [0.15, 0.2) is 36.7 Å². The molecule has 0 bridgehead atoms. The van der Waals surface area contributed by atoms with Crippen molar-refractivity contribution in [2.45, 2.75) is 32.6 Å². The van der Waals surface area contributed by atoms with Gasteiger partial charge in [-0.2, -0.15) is 0 Å². The molecular formula is C18H19N3O2. The number of anilines is 2. The summed E-state index contributed by atoms with van der Waals surface area (Å²) in [7, 11) is 0. The SMILES string of the molecule is CCc1cnccc1CC(=O)Nc1ccc2c(c1)CCC(=O)N2. The minimum atomic E-state index is -0.0503. The number of benzene rings is 1. The van der Waals surface area contributed by atoms with Crippen molar-refractivity contribution < 1.29 is 9.59 Å². The number of carbonyl (C=O) groups excluding carboxylic acids is 2. The van der Waals surface area contributed by atoms with Gasteiger partial charge < -0.3 is 10.6 Å². The predicted octanol–water partition coefficient (Wildman–Crippen LogP) is 2.71. The zero-order chi connectivity index (χ0) is 16.2. The van der Waals surface area contributed by atoms with E-state index in [-0.39, 0.29) is 11.8 Å². The lowest BCUT2D eigenvalue weighted by Crippen LogP contribution is -2.20. The number of nitrogens with zero attached hydrogens (tertiary/aromatic N) is 1. The van der Waals surface area contributed by atoms with E-state index in [0.717, 1.165) is 34.5 Å². The van der Waals surface area contributed by atoms with Gasteiger partial charge in [0, 0.05) is 30.2 Å². The molecular weight excluding hydrogens is 290 g/mol. The van der Waals surface area contributed by atoms with Crippen LogP contribution in [0.1, 0.15) is 30.0 Å². The molecule has 0 spiro atoms. The molecule has 3 rings (SSSR count). The first-order valence-corrected chi connectivity index (χ1v) is 7.80. The molecule has 1 aromatic heterocycles. The van der Waals surface area contributed by atoms with E-state index < -0.39 is 0 Å².